The van der Waals surface area contributed by atoms with Crippen LogP contribution in [0.25, 0.3) is 11.1 Å². The molecular formula is C23H24N4O5S. The molecule has 0 saturated carbocycles. The summed E-state index contributed by atoms with van der Waals surface area (Å²) >= 11 is 0. The van der Waals surface area contributed by atoms with Crippen LogP contribution >= 0.6 is 0 Å². The zero-order chi connectivity index (χ0) is 23.9. The van der Waals surface area contributed by atoms with Crippen molar-refractivity contribution in [2.75, 3.05) is 4.90 Å². The fourth-order valence-corrected chi connectivity index (χ4v) is 4.90. The van der Waals surface area contributed by atoms with E-state index in [-0.39, 0.29) is 22.5 Å². The quantitative estimate of drug-likeness (QED) is 0.530. The van der Waals surface area contributed by atoms with Gasteiger partial charge in [-0.25, -0.2) is 13.4 Å². The third kappa shape index (κ3) is 4.02. The third-order valence-corrected chi connectivity index (χ3v) is 6.49. The second-order valence-electron chi connectivity index (χ2n) is 8.43. The topological polar surface area (TPSA) is 129 Å². The highest BCUT2D eigenvalue weighted by atomic mass is 32.2. The number of H-pyrrole nitrogens is 1. The Morgan fingerprint density at radius 3 is 2.48 bits per heavy atom. The predicted octanol–water partition coefficient (Wildman–Crippen LogP) is 1.66. The molecule has 4 rings (SSSR count). The number of aromatic amines is 1. The van der Waals surface area contributed by atoms with Crippen LogP contribution in [0, 0.1) is 5.92 Å². The number of fused-ring (bicyclic) bond motifs is 3. The maximum atomic E-state index is 13.5. The van der Waals surface area contributed by atoms with E-state index >= 15 is 0 Å². The molecule has 0 saturated heterocycles. The number of allylic oxidation sites excluding steroid dienone is 2. The molecule has 172 valence electrons. The summed E-state index contributed by atoms with van der Waals surface area (Å²) in [6.45, 7) is 5.17. The lowest BCUT2D eigenvalue weighted by Crippen LogP contribution is -2.55. The Morgan fingerprint density at radius 2 is 1.91 bits per heavy atom. The Morgan fingerprint density at radius 1 is 1.21 bits per heavy atom. The smallest absolute Gasteiger partial charge is 0.244 e. The van der Waals surface area contributed by atoms with Crippen LogP contribution in [0.2, 0.25) is 0 Å². The van der Waals surface area contributed by atoms with Gasteiger partial charge in [-0.2, -0.15) is 0 Å². The molecule has 1 aromatic carbocycles. The second kappa shape index (κ2) is 8.78. The van der Waals surface area contributed by atoms with Crippen molar-refractivity contribution in [1.82, 2.24) is 15.3 Å². The number of carbonyl (C=O) groups is 3. The molecule has 0 radical (unpaired) electrons. The molecular weight excluding hydrogens is 444 g/mol. The van der Waals surface area contributed by atoms with Gasteiger partial charge in [-0.05, 0) is 40.7 Å². The van der Waals surface area contributed by atoms with E-state index in [1.807, 2.05) is 38.1 Å². The molecule has 0 fully saturated rings. The Labute approximate surface area is 192 Å². The normalized spacial score (nSPS) is 17.8. The largest absolute Gasteiger partial charge is 0.349 e. The van der Waals surface area contributed by atoms with E-state index in [0.717, 1.165) is 11.1 Å². The Kier molecular flexibility index (Phi) is 6.03. The van der Waals surface area contributed by atoms with Gasteiger partial charge in [-0.1, -0.05) is 38.1 Å². The second-order valence-corrected chi connectivity index (χ2v) is 9.42. The summed E-state index contributed by atoms with van der Waals surface area (Å²) in [4.78, 5) is 46.9. The lowest BCUT2D eigenvalue weighted by molar-refractivity contribution is -0.128. The van der Waals surface area contributed by atoms with Crippen molar-refractivity contribution in [1.29, 1.82) is 0 Å². The molecule has 2 aromatic rings. The number of hydrogen-bond donors (Lipinski definition) is 3. The van der Waals surface area contributed by atoms with Gasteiger partial charge in [0.1, 0.15) is 17.0 Å². The summed E-state index contributed by atoms with van der Waals surface area (Å²) in [5.74, 6) is -1.29. The fourth-order valence-electron chi connectivity index (χ4n) is 4.35. The fraction of sp³-hybridized carbons (Fsp3) is 0.304. The minimum Gasteiger partial charge on any atom is -0.349 e. The van der Waals surface area contributed by atoms with Crippen molar-refractivity contribution in [3.05, 3.63) is 58.9 Å². The SMILES string of the molecule is CC(=O)N(c1c[nH]cn1)[C@@H](CC(C)C)C(=O)NC1C(=O)C([SH](=O)=O)=CC2=C1c1ccccc12. The monoisotopic (exact) mass is 468 g/mol. The number of imidazole rings is 1. The molecule has 0 spiro atoms. The highest BCUT2D eigenvalue weighted by molar-refractivity contribution is 7.78. The highest BCUT2D eigenvalue weighted by Gasteiger charge is 2.42. The average molecular weight is 469 g/mol. The van der Waals surface area contributed by atoms with Crippen molar-refractivity contribution in [2.45, 2.75) is 39.3 Å². The maximum Gasteiger partial charge on any atom is 0.244 e. The molecule has 0 aliphatic heterocycles. The molecule has 2 amide bonds. The molecule has 1 heterocycles. The summed E-state index contributed by atoms with van der Waals surface area (Å²) < 4.78 is 23.5. The number of aromatic nitrogens is 2. The molecule has 9 nitrogen and oxygen atoms in total. The van der Waals surface area contributed by atoms with E-state index in [4.69, 9.17) is 0 Å². The van der Waals surface area contributed by atoms with Crippen LogP contribution in [0.15, 0.2) is 47.8 Å². The zero-order valence-electron chi connectivity index (χ0n) is 18.4. The van der Waals surface area contributed by atoms with Crippen LogP contribution in [0.5, 0.6) is 0 Å². The van der Waals surface area contributed by atoms with Crippen LogP contribution in [0.3, 0.4) is 0 Å². The van der Waals surface area contributed by atoms with Gasteiger partial charge < -0.3 is 10.3 Å². The first-order valence-corrected chi connectivity index (χ1v) is 11.7. The number of nitrogens with one attached hydrogen (secondary N) is 2. The average Bonchev–Trinajstić information content (AvgIpc) is 3.26. The zero-order valence-corrected chi connectivity index (χ0v) is 19.3. The Bertz CT molecular complexity index is 1270. The minimum atomic E-state index is -3.14. The lowest BCUT2D eigenvalue weighted by Gasteiger charge is -2.36. The van der Waals surface area contributed by atoms with E-state index in [9.17, 15) is 22.8 Å². The summed E-state index contributed by atoms with van der Waals surface area (Å²) in [5.41, 5.74) is 2.83. The van der Waals surface area contributed by atoms with Crippen LogP contribution in [-0.2, 0) is 25.1 Å². The van der Waals surface area contributed by atoms with Crippen LogP contribution in [0.4, 0.5) is 5.82 Å². The summed E-state index contributed by atoms with van der Waals surface area (Å²) in [6, 6.07) is 5.21. The van der Waals surface area contributed by atoms with Gasteiger partial charge in [0.25, 0.3) is 0 Å². The van der Waals surface area contributed by atoms with Gasteiger partial charge in [-0.15, -0.1) is 0 Å². The van der Waals surface area contributed by atoms with E-state index in [1.54, 1.807) is 0 Å². The lowest BCUT2D eigenvalue weighted by atomic mass is 9.73. The molecule has 1 aromatic heterocycles. The van der Waals surface area contributed by atoms with Crippen molar-refractivity contribution in [2.24, 2.45) is 5.92 Å². The molecule has 33 heavy (non-hydrogen) atoms. The van der Waals surface area contributed by atoms with Gasteiger partial charge in [0.05, 0.1) is 6.33 Å². The van der Waals surface area contributed by atoms with Gasteiger partial charge in [0, 0.05) is 13.1 Å². The summed E-state index contributed by atoms with van der Waals surface area (Å²) in [7, 11) is -3.14. The van der Waals surface area contributed by atoms with E-state index < -0.39 is 34.5 Å². The first-order chi connectivity index (χ1) is 15.7. The van der Waals surface area contributed by atoms with Gasteiger partial charge in [-0.3, -0.25) is 19.3 Å². The molecule has 2 N–H and O–H groups in total. The van der Waals surface area contributed by atoms with Gasteiger partial charge in [0.2, 0.25) is 17.6 Å². The van der Waals surface area contributed by atoms with Gasteiger partial charge in [0.15, 0.2) is 16.5 Å². The first-order valence-electron chi connectivity index (χ1n) is 10.5. The number of rotatable bonds is 7. The molecule has 2 atom stereocenters. The molecule has 1 unspecified atom stereocenters. The Hall–Kier alpha value is -3.53. The first kappa shape index (κ1) is 22.7. The van der Waals surface area contributed by atoms with Crippen molar-refractivity contribution in [3.8, 4) is 0 Å². The van der Waals surface area contributed by atoms with Crippen LogP contribution < -0.4 is 10.2 Å². The minimum absolute atomic E-state index is 0.0504. The maximum absolute atomic E-state index is 13.5. The predicted molar refractivity (Wildman–Crippen MR) is 124 cm³/mol. The number of carbonyl (C=O) groups excluding carboxylic acids is 3. The van der Waals surface area contributed by atoms with Gasteiger partial charge >= 0.3 is 0 Å². The number of amides is 2. The number of hydrogen-bond acceptors (Lipinski definition) is 6. The van der Waals surface area contributed by atoms with E-state index in [2.05, 4.69) is 15.3 Å². The third-order valence-electron chi connectivity index (χ3n) is 5.74. The summed E-state index contributed by atoms with van der Waals surface area (Å²) in [6.07, 6.45) is 4.61. The molecule has 10 heteroatoms. The number of benzene rings is 1. The molecule has 2 aliphatic rings. The number of anilines is 1. The highest BCUT2D eigenvalue weighted by Crippen LogP contribution is 2.46. The molecule has 0 bridgehead atoms. The van der Waals surface area contributed by atoms with Crippen molar-refractivity contribution >= 4 is 45.3 Å². The van der Waals surface area contributed by atoms with E-state index in [1.165, 1.54) is 30.4 Å². The van der Waals surface area contributed by atoms with E-state index in [0.29, 0.717) is 17.6 Å². The number of thiol groups is 1. The Balaban J connectivity index is 1.71. The number of nitrogens with zero attached hydrogens (tertiary/aromatic N) is 2. The summed E-state index contributed by atoms with van der Waals surface area (Å²) in [5, 5.41) is 2.74. The standard InChI is InChI=1S/C23H24N4O5S/c1-12(2)8-17(27(13(3)28)19-10-24-11-25-19)23(30)26-21-20-15-7-5-4-6-14(15)16(20)9-18(22(21)29)33(31)32/h4-7,9-12,17,21,33H,8H2,1-3H3,(H,24,25)(H,26,30)/t17-,21?/m0/s1. The van der Waals surface area contributed by atoms with Crippen molar-refractivity contribution in [3.63, 3.8) is 0 Å². The van der Waals surface area contributed by atoms with Crippen molar-refractivity contribution < 1.29 is 22.8 Å². The number of Topliss-reactive ketones (excluding diaryl/α,β-unsaturated/α-hetero) is 1. The number of ketones is 1. The van der Waals surface area contributed by atoms with Crippen LogP contribution in [0.1, 0.15) is 38.3 Å². The molecule has 2 aliphatic carbocycles. The van der Waals surface area contributed by atoms with Crippen LogP contribution in [-0.4, -0.2) is 48.1 Å².